The van der Waals surface area contributed by atoms with Crippen LogP contribution in [0.4, 0.5) is 0 Å². The minimum atomic E-state index is -3.26. The van der Waals surface area contributed by atoms with Crippen molar-refractivity contribution in [3.8, 4) is 0 Å². The number of sulfone groups is 1. The third kappa shape index (κ3) is 5.33. The number of hydrogen-bond acceptors (Lipinski definition) is 4. The Morgan fingerprint density at radius 3 is 2.04 bits per heavy atom. The van der Waals surface area contributed by atoms with Crippen LogP contribution >= 0.6 is 0 Å². The van der Waals surface area contributed by atoms with Crippen molar-refractivity contribution in [1.82, 2.24) is 5.32 Å². The predicted molar refractivity (Wildman–Crippen MR) is 91.6 cm³/mol. The van der Waals surface area contributed by atoms with E-state index in [-0.39, 0.29) is 29.4 Å². The van der Waals surface area contributed by atoms with Crippen LogP contribution in [0.5, 0.6) is 0 Å². The highest BCUT2D eigenvalue weighted by Gasteiger charge is 2.30. The molecule has 1 aromatic rings. The molecule has 2 N–H and O–H groups in total. The van der Waals surface area contributed by atoms with Gasteiger partial charge in [0, 0.05) is 5.54 Å². The minimum absolute atomic E-state index is 0.0253. The largest absolute Gasteiger partial charge is 0.481 e. The fourth-order valence-corrected chi connectivity index (χ4v) is 3.40. The van der Waals surface area contributed by atoms with E-state index in [1.165, 1.54) is 12.1 Å². The topological polar surface area (TPSA) is 101 Å². The molecule has 24 heavy (non-hydrogen) atoms. The third-order valence-corrected chi connectivity index (χ3v) is 6.03. The van der Waals surface area contributed by atoms with Crippen LogP contribution in [0.1, 0.15) is 45.6 Å². The number of carboxylic acids is 1. The SMILES string of the molecule is CCC(CC)(CC(=O)O)NC(=O)Cc1ccc(S(=O)(=O)CC)cc1. The standard InChI is InChI=1S/C17H25NO5S/c1-4-17(5-2,12-16(20)21)18-15(19)11-13-7-9-14(10-8-13)24(22,23)6-3/h7-10H,4-6,11-12H2,1-3H3,(H,18,19)(H,20,21). The van der Waals surface area contributed by atoms with E-state index in [0.29, 0.717) is 18.4 Å². The number of carboxylic acid groups (broad SMARTS) is 1. The van der Waals surface area contributed by atoms with Crippen LogP contribution in [0.3, 0.4) is 0 Å². The van der Waals surface area contributed by atoms with Crippen LogP contribution in [0.25, 0.3) is 0 Å². The van der Waals surface area contributed by atoms with Crippen molar-refractivity contribution in [2.45, 2.75) is 56.9 Å². The molecule has 0 saturated carbocycles. The second kappa shape index (κ2) is 8.28. The number of rotatable bonds is 9. The summed E-state index contributed by atoms with van der Waals surface area (Å²) < 4.78 is 23.5. The Bertz CT molecular complexity index is 675. The van der Waals surface area contributed by atoms with E-state index in [2.05, 4.69) is 5.32 Å². The molecule has 1 aromatic carbocycles. The molecule has 0 aliphatic carbocycles. The van der Waals surface area contributed by atoms with Crippen LogP contribution < -0.4 is 5.32 Å². The van der Waals surface area contributed by atoms with E-state index in [0.717, 1.165) is 0 Å². The molecule has 0 aliphatic heterocycles. The molecule has 1 rings (SSSR count). The van der Waals surface area contributed by atoms with Gasteiger partial charge in [0.05, 0.1) is 23.5 Å². The van der Waals surface area contributed by atoms with Crippen LogP contribution in [-0.4, -0.2) is 36.7 Å². The van der Waals surface area contributed by atoms with Gasteiger partial charge in [-0.15, -0.1) is 0 Å². The number of carbonyl (C=O) groups is 2. The first kappa shape index (κ1) is 20.2. The van der Waals surface area contributed by atoms with E-state index in [1.54, 1.807) is 19.1 Å². The third-order valence-electron chi connectivity index (χ3n) is 4.27. The van der Waals surface area contributed by atoms with E-state index in [9.17, 15) is 18.0 Å². The molecule has 0 aromatic heterocycles. The Kier molecular flexibility index (Phi) is 6.95. The molecular weight excluding hydrogens is 330 g/mol. The first-order valence-corrected chi connectivity index (χ1v) is 9.67. The Hall–Kier alpha value is -1.89. The van der Waals surface area contributed by atoms with E-state index < -0.39 is 21.3 Å². The maximum absolute atomic E-state index is 12.2. The number of aliphatic carboxylic acids is 1. The molecule has 0 radical (unpaired) electrons. The van der Waals surface area contributed by atoms with Gasteiger partial charge < -0.3 is 10.4 Å². The number of carbonyl (C=O) groups excluding carboxylic acids is 1. The van der Waals surface area contributed by atoms with Gasteiger partial charge in [0.1, 0.15) is 0 Å². The summed E-state index contributed by atoms with van der Waals surface area (Å²) in [6.07, 6.45) is 0.998. The Labute approximate surface area is 143 Å². The molecule has 0 saturated heterocycles. The van der Waals surface area contributed by atoms with Crippen LogP contribution in [-0.2, 0) is 25.8 Å². The monoisotopic (exact) mass is 355 g/mol. The second-order valence-corrected chi connectivity index (χ2v) is 8.11. The maximum atomic E-state index is 12.2. The minimum Gasteiger partial charge on any atom is -0.481 e. The van der Waals surface area contributed by atoms with E-state index in [1.807, 2.05) is 13.8 Å². The van der Waals surface area contributed by atoms with Crippen molar-refractivity contribution < 1.29 is 23.1 Å². The molecule has 0 bridgehead atoms. The quantitative estimate of drug-likeness (QED) is 0.707. The Morgan fingerprint density at radius 2 is 1.62 bits per heavy atom. The molecule has 0 unspecified atom stereocenters. The smallest absolute Gasteiger partial charge is 0.305 e. The van der Waals surface area contributed by atoms with Gasteiger partial charge in [-0.3, -0.25) is 9.59 Å². The lowest BCUT2D eigenvalue weighted by Gasteiger charge is -2.31. The fourth-order valence-electron chi connectivity index (χ4n) is 2.52. The zero-order chi connectivity index (χ0) is 18.4. The summed E-state index contributed by atoms with van der Waals surface area (Å²) in [4.78, 5) is 23.5. The highest BCUT2D eigenvalue weighted by Crippen LogP contribution is 2.20. The van der Waals surface area contributed by atoms with Gasteiger partial charge in [0.25, 0.3) is 0 Å². The summed E-state index contributed by atoms with van der Waals surface area (Å²) in [7, 11) is -3.26. The molecule has 6 nitrogen and oxygen atoms in total. The highest BCUT2D eigenvalue weighted by molar-refractivity contribution is 7.91. The molecule has 7 heteroatoms. The van der Waals surface area contributed by atoms with Crippen molar-refractivity contribution >= 4 is 21.7 Å². The summed E-state index contributed by atoms with van der Waals surface area (Å²) in [5, 5.41) is 11.9. The average Bonchev–Trinajstić information content (AvgIpc) is 2.54. The molecule has 0 heterocycles. The van der Waals surface area contributed by atoms with Gasteiger partial charge in [0.2, 0.25) is 5.91 Å². The molecule has 0 spiro atoms. The summed E-state index contributed by atoms with van der Waals surface area (Å²) in [6, 6.07) is 6.20. The van der Waals surface area contributed by atoms with Crippen LogP contribution in [0.15, 0.2) is 29.2 Å². The number of benzene rings is 1. The van der Waals surface area contributed by atoms with Gasteiger partial charge in [-0.1, -0.05) is 32.9 Å². The van der Waals surface area contributed by atoms with Crippen LogP contribution in [0, 0.1) is 0 Å². The Balaban J connectivity index is 2.82. The lowest BCUT2D eigenvalue weighted by molar-refractivity contribution is -0.139. The Morgan fingerprint density at radius 1 is 1.08 bits per heavy atom. The number of nitrogens with one attached hydrogen (secondary N) is 1. The first-order chi connectivity index (χ1) is 11.2. The van der Waals surface area contributed by atoms with Gasteiger partial charge in [0.15, 0.2) is 9.84 Å². The molecule has 0 fully saturated rings. The van der Waals surface area contributed by atoms with Gasteiger partial charge in [-0.05, 0) is 30.5 Å². The number of amides is 1. The lowest BCUT2D eigenvalue weighted by Crippen LogP contribution is -2.49. The van der Waals surface area contributed by atoms with Gasteiger partial charge >= 0.3 is 5.97 Å². The molecule has 0 atom stereocenters. The van der Waals surface area contributed by atoms with Crippen molar-refractivity contribution in [1.29, 1.82) is 0 Å². The molecular formula is C17H25NO5S. The summed E-state index contributed by atoms with van der Waals surface area (Å²) >= 11 is 0. The molecule has 134 valence electrons. The molecule has 0 aliphatic rings. The fraction of sp³-hybridized carbons (Fsp3) is 0.529. The summed E-state index contributed by atoms with van der Waals surface area (Å²) in [5.41, 5.74) is -0.0759. The zero-order valence-corrected chi connectivity index (χ0v) is 15.1. The van der Waals surface area contributed by atoms with Crippen molar-refractivity contribution in [3.05, 3.63) is 29.8 Å². The van der Waals surface area contributed by atoms with E-state index >= 15 is 0 Å². The zero-order valence-electron chi connectivity index (χ0n) is 14.3. The van der Waals surface area contributed by atoms with E-state index in [4.69, 9.17) is 5.11 Å². The summed E-state index contributed by atoms with van der Waals surface area (Å²) in [6.45, 7) is 5.27. The van der Waals surface area contributed by atoms with Crippen molar-refractivity contribution in [3.63, 3.8) is 0 Å². The van der Waals surface area contributed by atoms with Crippen molar-refractivity contribution in [2.75, 3.05) is 5.75 Å². The maximum Gasteiger partial charge on any atom is 0.305 e. The molecule has 1 amide bonds. The van der Waals surface area contributed by atoms with Crippen LogP contribution in [0.2, 0.25) is 0 Å². The second-order valence-electron chi connectivity index (χ2n) is 5.83. The predicted octanol–water partition coefficient (Wildman–Crippen LogP) is 2.17. The van der Waals surface area contributed by atoms with Crippen molar-refractivity contribution in [2.24, 2.45) is 0 Å². The van der Waals surface area contributed by atoms with Gasteiger partial charge in [-0.25, -0.2) is 8.42 Å². The normalized spacial score (nSPS) is 12.0. The lowest BCUT2D eigenvalue weighted by atomic mass is 9.88. The summed E-state index contributed by atoms with van der Waals surface area (Å²) in [5.74, 6) is -1.20. The first-order valence-electron chi connectivity index (χ1n) is 8.02. The van der Waals surface area contributed by atoms with Gasteiger partial charge in [-0.2, -0.15) is 0 Å². The average molecular weight is 355 g/mol. The number of hydrogen-bond donors (Lipinski definition) is 2. The highest BCUT2D eigenvalue weighted by atomic mass is 32.2.